The molecule has 29 heavy (non-hydrogen) atoms. The lowest BCUT2D eigenvalue weighted by atomic mass is 9.98. The molecule has 1 aromatic heterocycles. The van der Waals surface area contributed by atoms with Crippen molar-refractivity contribution in [2.45, 2.75) is 20.3 Å². The highest BCUT2D eigenvalue weighted by Crippen LogP contribution is 2.33. The number of nitrogens with one attached hydrogen (secondary N) is 1. The van der Waals surface area contributed by atoms with E-state index in [1.807, 2.05) is 13.0 Å². The summed E-state index contributed by atoms with van der Waals surface area (Å²) >= 11 is 0. The maximum atomic E-state index is 13.7. The Kier molecular flexibility index (Phi) is 5.36. The molecule has 0 bridgehead atoms. The van der Waals surface area contributed by atoms with E-state index in [4.69, 9.17) is 0 Å². The quantitative estimate of drug-likeness (QED) is 0.837. The molecule has 0 saturated carbocycles. The van der Waals surface area contributed by atoms with Gasteiger partial charge in [0.05, 0.1) is 5.70 Å². The van der Waals surface area contributed by atoms with Crippen molar-refractivity contribution in [3.63, 3.8) is 0 Å². The molecule has 1 saturated heterocycles. The maximum absolute atomic E-state index is 13.7. The zero-order valence-electron chi connectivity index (χ0n) is 17.0. The van der Waals surface area contributed by atoms with Crippen LogP contribution in [0, 0.1) is 12.8 Å². The Hall–Kier alpha value is -2.74. The highest BCUT2D eigenvalue weighted by molar-refractivity contribution is 5.64. The van der Waals surface area contributed by atoms with E-state index in [9.17, 15) is 8.78 Å². The van der Waals surface area contributed by atoms with Gasteiger partial charge in [0.15, 0.2) is 5.83 Å². The number of likely N-dealkylation sites (N-methyl/N-ethyl adjacent to an activating group) is 1. The van der Waals surface area contributed by atoms with Crippen LogP contribution in [-0.2, 0) is 0 Å². The van der Waals surface area contributed by atoms with Crippen LogP contribution in [0.3, 0.4) is 0 Å². The van der Waals surface area contributed by atoms with Gasteiger partial charge in [0.2, 0.25) is 5.95 Å². The predicted octanol–water partition coefficient (Wildman–Crippen LogP) is 4.11. The number of allylic oxidation sites excluding steroid dienone is 4. The van der Waals surface area contributed by atoms with Crippen molar-refractivity contribution in [3.05, 3.63) is 47.8 Å². The molecule has 2 aromatic rings. The fourth-order valence-electron chi connectivity index (χ4n) is 3.77. The first-order valence-corrected chi connectivity index (χ1v) is 9.89. The van der Waals surface area contributed by atoms with E-state index in [2.05, 4.69) is 51.3 Å². The van der Waals surface area contributed by atoms with Gasteiger partial charge in [0.1, 0.15) is 12.2 Å². The van der Waals surface area contributed by atoms with Crippen molar-refractivity contribution in [1.29, 1.82) is 0 Å². The molecule has 2 heterocycles. The number of halogens is 2. The lowest BCUT2D eigenvalue weighted by Crippen LogP contribution is -2.44. The molecule has 1 aliphatic carbocycles. The first kappa shape index (κ1) is 19.6. The lowest BCUT2D eigenvalue weighted by molar-refractivity contribution is 0.313. The van der Waals surface area contributed by atoms with Gasteiger partial charge in [-0.25, -0.2) is 13.5 Å². The average molecular weight is 400 g/mol. The highest BCUT2D eigenvalue weighted by Gasteiger charge is 2.23. The third-order valence-electron chi connectivity index (χ3n) is 5.47. The summed E-state index contributed by atoms with van der Waals surface area (Å²) in [5, 5.41) is 7.66. The Bertz CT molecular complexity index is 956. The molecule has 154 valence electrons. The number of anilines is 3. The summed E-state index contributed by atoms with van der Waals surface area (Å²) < 4.78 is 28.6. The summed E-state index contributed by atoms with van der Waals surface area (Å²) in [4.78, 5) is 9.00. The first-order valence-electron chi connectivity index (χ1n) is 9.89. The molecule has 1 fully saturated rings. The van der Waals surface area contributed by atoms with Crippen LogP contribution >= 0.6 is 0 Å². The standard InChI is InChI=1S/C21H26F2N6/c1-14-8-16(11-17(9-14)28-6-4-27(3)5-7-28)25-21-24-13-29(26-21)20-12-19(23)18(22)10-15(20)2/h8-9,11-13,15H,4-7,10H2,1-3H3,(H,25,26). The van der Waals surface area contributed by atoms with Crippen molar-refractivity contribution >= 4 is 23.0 Å². The highest BCUT2D eigenvalue weighted by atomic mass is 19.2. The number of hydrogen-bond acceptors (Lipinski definition) is 5. The maximum Gasteiger partial charge on any atom is 0.246 e. The summed E-state index contributed by atoms with van der Waals surface area (Å²) in [5.74, 6) is -1.30. The molecule has 4 rings (SSSR count). The number of aryl methyl sites for hydroxylation is 1. The second kappa shape index (κ2) is 7.94. The second-order valence-electron chi connectivity index (χ2n) is 7.91. The Morgan fingerprint density at radius 3 is 2.62 bits per heavy atom. The van der Waals surface area contributed by atoms with Gasteiger partial charge in [0, 0.05) is 49.9 Å². The van der Waals surface area contributed by atoms with Crippen LogP contribution in [0.2, 0.25) is 0 Å². The van der Waals surface area contributed by atoms with Gasteiger partial charge < -0.3 is 15.1 Å². The van der Waals surface area contributed by atoms with Crippen molar-refractivity contribution in [2.24, 2.45) is 5.92 Å². The molecule has 0 radical (unpaired) electrons. The summed E-state index contributed by atoms with van der Waals surface area (Å²) in [6.45, 7) is 7.98. The van der Waals surface area contributed by atoms with Gasteiger partial charge in [-0.3, -0.25) is 0 Å². The van der Waals surface area contributed by atoms with E-state index in [0.29, 0.717) is 11.6 Å². The fourth-order valence-corrected chi connectivity index (χ4v) is 3.77. The zero-order chi connectivity index (χ0) is 20.5. The monoisotopic (exact) mass is 400 g/mol. The molecular formula is C21H26F2N6. The van der Waals surface area contributed by atoms with E-state index in [1.165, 1.54) is 22.8 Å². The van der Waals surface area contributed by atoms with Crippen molar-refractivity contribution < 1.29 is 8.78 Å². The second-order valence-corrected chi connectivity index (χ2v) is 7.91. The predicted molar refractivity (Wildman–Crippen MR) is 111 cm³/mol. The van der Waals surface area contributed by atoms with Crippen LogP contribution < -0.4 is 10.2 Å². The van der Waals surface area contributed by atoms with Gasteiger partial charge in [0.25, 0.3) is 0 Å². The van der Waals surface area contributed by atoms with Gasteiger partial charge in [-0.1, -0.05) is 6.92 Å². The Morgan fingerprint density at radius 1 is 1.10 bits per heavy atom. The summed E-state index contributed by atoms with van der Waals surface area (Å²) in [5.41, 5.74) is 3.81. The number of aromatic nitrogens is 3. The smallest absolute Gasteiger partial charge is 0.246 e. The zero-order valence-corrected chi connectivity index (χ0v) is 17.0. The van der Waals surface area contributed by atoms with Crippen molar-refractivity contribution in [3.8, 4) is 0 Å². The van der Waals surface area contributed by atoms with E-state index < -0.39 is 11.7 Å². The van der Waals surface area contributed by atoms with Crippen molar-refractivity contribution in [1.82, 2.24) is 19.7 Å². The van der Waals surface area contributed by atoms with E-state index >= 15 is 0 Å². The molecule has 8 heteroatoms. The molecule has 0 spiro atoms. The Labute approximate surface area is 169 Å². The number of hydrogen-bond donors (Lipinski definition) is 1. The van der Waals surface area contributed by atoms with Crippen LogP contribution in [0.15, 0.2) is 42.3 Å². The molecular weight excluding hydrogens is 374 g/mol. The number of benzene rings is 1. The summed E-state index contributed by atoms with van der Waals surface area (Å²) in [6.07, 6.45) is 2.75. The third kappa shape index (κ3) is 4.32. The average Bonchev–Trinajstić information content (AvgIpc) is 3.13. The largest absolute Gasteiger partial charge is 0.369 e. The minimum Gasteiger partial charge on any atom is -0.369 e. The molecule has 2 aliphatic rings. The molecule has 0 amide bonds. The molecule has 1 unspecified atom stereocenters. The van der Waals surface area contributed by atoms with Gasteiger partial charge in [-0.15, -0.1) is 5.10 Å². The fraction of sp³-hybridized carbons (Fsp3) is 0.429. The number of rotatable bonds is 4. The van der Waals surface area contributed by atoms with Crippen LogP contribution in [0.25, 0.3) is 5.70 Å². The molecule has 6 nitrogen and oxygen atoms in total. The van der Waals surface area contributed by atoms with Crippen LogP contribution in [0.5, 0.6) is 0 Å². The normalized spacial score (nSPS) is 20.8. The van der Waals surface area contributed by atoms with Gasteiger partial charge in [-0.2, -0.15) is 4.98 Å². The summed E-state index contributed by atoms with van der Waals surface area (Å²) in [6, 6.07) is 6.32. The van der Waals surface area contributed by atoms with Crippen LogP contribution in [0.4, 0.5) is 26.1 Å². The van der Waals surface area contributed by atoms with Crippen molar-refractivity contribution in [2.75, 3.05) is 43.4 Å². The van der Waals surface area contributed by atoms with Crippen LogP contribution in [0.1, 0.15) is 18.9 Å². The van der Waals surface area contributed by atoms with Gasteiger partial charge >= 0.3 is 0 Å². The van der Waals surface area contributed by atoms with Crippen LogP contribution in [-0.4, -0.2) is 52.9 Å². The summed E-state index contributed by atoms with van der Waals surface area (Å²) in [7, 11) is 2.14. The third-order valence-corrected chi connectivity index (χ3v) is 5.47. The number of piperazine rings is 1. The minimum absolute atomic E-state index is 0.0343. The van der Waals surface area contributed by atoms with E-state index in [1.54, 1.807) is 0 Å². The SMILES string of the molecule is Cc1cc(Nc2ncn(C3=CC(F)=C(F)CC3C)n2)cc(N2CCN(C)CC2)c1. The molecule has 1 N–H and O–H groups in total. The molecule has 1 atom stereocenters. The Balaban J connectivity index is 1.53. The minimum atomic E-state index is -0.835. The first-order chi connectivity index (χ1) is 13.9. The topological polar surface area (TPSA) is 49.2 Å². The molecule has 1 aliphatic heterocycles. The molecule has 1 aromatic carbocycles. The van der Waals surface area contributed by atoms with E-state index in [0.717, 1.165) is 37.4 Å². The lowest BCUT2D eigenvalue weighted by Gasteiger charge is -2.34. The number of nitrogens with zero attached hydrogens (tertiary/aromatic N) is 5. The van der Waals surface area contributed by atoms with Gasteiger partial charge in [-0.05, 0) is 43.8 Å². The van der Waals surface area contributed by atoms with E-state index in [-0.39, 0.29) is 12.3 Å². The Morgan fingerprint density at radius 2 is 1.86 bits per heavy atom.